The van der Waals surface area contributed by atoms with Crippen LogP contribution in [0.3, 0.4) is 0 Å². The number of rotatable bonds is 19. The van der Waals surface area contributed by atoms with Crippen molar-refractivity contribution < 1.29 is 28.6 Å². The largest absolute Gasteiger partial charge is 0.379 e. The van der Waals surface area contributed by atoms with E-state index in [1.807, 2.05) is 13.8 Å². The zero-order valence-corrected chi connectivity index (χ0v) is 22.6. The van der Waals surface area contributed by atoms with Crippen LogP contribution in [0.25, 0.3) is 0 Å². The van der Waals surface area contributed by atoms with Gasteiger partial charge in [0.15, 0.2) is 0 Å². The van der Waals surface area contributed by atoms with E-state index in [9.17, 15) is 14.4 Å². The molecule has 194 valence electrons. The van der Waals surface area contributed by atoms with Crippen LogP contribution in [0.15, 0.2) is 0 Å². The molecule has 33 heavy (non-hydrogen) atoms. The van der Waals surface area contributed by atoms with Gasteiger partial charge in [0.2, 0.25) is 17.7 Å². The normalized spacial score (nSPS) is 14.1. The van der Waals surface area contributed by atoms with E-state index in [-0.39, 0.29) is 69.6 Å². The molecule has 3 N–H and O–H groups in total. The van der Waals surface area contributed by atoms with E-state index < -0.39 is 15.7 Å². The number of carbonyl (C=O) groups excluding carboxylic acids is 3. The summed E-state index contributed by atoms with van der Waals surface area (Å²) in [5.74, 6) is 0.569. The van der Waals surface area contributed by atoms with Gasteiger partial charge < -0.3 is 24.8 Å². The first-order chi connectivity index (χ1) is 15.5. The fraction of sp³-hybridized carbons (Fsp3) is 0.864. The summed E-state index contributed by atoms with van der Waals surface area (Å²) in [5.41, 5.74) is 0. The van der Waals surface area contributed by atoms with E-state index in [1.165, 1.54) is 0 Å². The molecule has 3 unspecified atom stereocenters. The van der Waals surface area contributed by atoms with Crippen molar-refractivity contribution in [3.8, 4) is 0 Å². The third-order valence-corrected chi connectivity index (χ3v) is 5.51. The van der Waals surface area contributed by atoms with Crippen LogP contribution >= 0.6 is 0 Å². The highest BCUT2D eigenvalue weighted by atomic mass is 32.8. The molecule has 0 fully saturated rings. The average Bonchev–Trinajstić information content (AvgIpc) is 2.70. The molecule has 0 radical (unpaired) electrons. The number of hydrogen-bond acceptors (Lipinski definition) is 7. The lowest BCUT2D eigenvalue weighted by Gasteiger charge is -2.20. The zero-order valence-electron chi connectivity index (χ0n) is 20.9. The summed E-state index contributed by atoms with van der Waals surface area (Å²) < 4.78 is 19.3. The molecule has 0 aliphatic carbocycles. The highest BCUT2D eigenvalue weighted by Crippen LogP contribution is 2.13. The minimum atomic E-state index is -0.587. The second-order valence-corrected chi connectivity index (χ2v) is 11.3. The van der Waals surface area contributed by atoms with Gasteiger partial charge in [-0.05, 0) is 52.9 Å². The Kier molecular flexibility index (Phi) is 18.5. The molecule has 0 aliphatic heterocycles. The molecule has 0 aromatic heterocycles. The molecule has 0 rings (SSSR count). The maximum Gasteiger partial charge on any atom is 0.246 e. The SMILES string of the molecule is CC(C)NC(=O)CCOCC(COCCC(=O)NS(C)=S)NC(=O)COCCC(C)C(C)C. The molecular weight excluding hydrogens is 466 g/mol. The third-order valence-electron chi connectivity index (χ3n) is 4.75. The van der Waals surface area contributed by atoms with Crippen LogP contribution in [0.5, 0.6) is 0 Å². The highest BCUT2D eigenvalue weighted by Gasteiger charge is 2.15. The summed E-state index contributed by atoms with van der Waals surface area (Å²) in [6.07, 6.45) is 3.05. The molecule has 0 aromatic carbocycles. The van der Waals surface area contributed by atoms with Gasteiger partial charge in [-0.2, -0.15) is 0 Å². The maximum absolute atomic E-state index is 12.3. The molecule has 0 aliphatic rings. The lowest BCUT2D eigenvalue weighted by atomic mass is 9.95. The molecule has 0 spiro atoms. The average molecular weight is 510 g/mol. The quantitative estimate of drug-likeness (QED) is 0.225. The first-order valence-corrected chi connectivity index (χ1v) is 14.0. The van der Waals surface area contributed by atoms with Gasteiger partial charge in [-0.25, -0.2) is 0 Å². The number of hydrogen-bond donors (Lipinski definition) is 3. The predicted octanol–water partition coefficient (Wildman–Crippen LogP) is 1.25. The molecule has 3 atom stereocenters. The number of amides is 3. The summed E-state index contributed by atoms with van der Waals surface area (Å²) >= 11 is 4.94. The summed E-state index contributed by atoms with van der Waals surface area (Å²) in [6, 6.07) is -0.352. The lowest BCUT2D eigenvalue weighted by molar-refractivity contribution is -0.128. The van der Waals surface area contributed by atoms with Crippen molar-refractivity contribution in [1.82, 2.24) is 15.4 Å². The molecule has 9 nitrogen and oxygen atoms in total. The van der Waals surface area contributed by atoms with Crippen LogP contribution in [0.2, 0.25) is 0 Å². The van der Waals surface area contributed by atoms with E-state index in [0.717, 1.165) is 6.42 Å². The van der Waals surface area contributed by atoms with E-state index in [4.69, 9.17) is 25.4 Å². The maximum atomic E-state index is 12.3. The van der Waals surface area contributed by atoms with E-state index in [0.29, 0.717) is 18.4 Å². The summed E-state index contributed by atoms with van der Waals surface area (Å²) in [4.78, 5) is 35.7. The fourth-order valence-electron chi connectivity index (χ4n) is 2.55. The van der Waals surface area contributed by atoms with Gasteiger partial charge in [0.05, 0.1) is 38.9 Å². The van der Waals surface area contributed by atoms with Gasteiger partial charge in [-0.15, -0.1) is 0 Å². The van der Waals surface area contributed by atoms with Crippen LogP contribution in [-0.2, 0) is 49.4 Å². The molecule has 0 saturated heterocycles. The molecular formula is C22H43N3O6S2. The van der Waals surface area contributed by atoms with Gasteiger partial charge in [0, 0.05) is 25.3 Å². The van der Waals surface area contributed by atoms with Crippen LogP contribution < -0.4 is 15.4 Å². The van der Waals surface area contributed by atoms with Crippen molar-refractivity contribution in [2.45, 2.75) is 66.0 Å². The first-order valence-electron chi connectivity index (χ1n) is 11.5. The Morgan fingerprint density at radius 1 is 0.818 bits per heavy atom. The smallest absolute Gasteiger partial charge is 0.246 e. The van der Waals surface area contributed by atoms with Gasteiger partial charge >= 0.3 is 0 Å². The minimum Gasteiger partial charge on any atom is -0.379 e. The Hall–Kier alpha value is -1.14. The van der Waals surface area contributed by atoms with Gasteiger partial charge in [-0.1, -0.05) is 20.8 Å². The Morgan fingerprint density at radius 2 is 1.39 bits per heavy atom. The van der Waals surface area contributed by atoms with Crippen molar-refractivity contribution in [1.29, 1.82) is 0 Å². The number of carbonyl (C=O) groups is 3. The first kappa shape index (κ1) is 31.9. The Morgan fingerprint density at radius 3 is 1.91 bits per heavy atom. The topological polar surface area (TPSA) is 115 Å². The molecule has 0 bridgehead atoms. The van der Waals surface area contributed by atoms with Gasteiger partial charge in [0.1, 0.15) is 6.61 Å². The van der Waals surface area contributed by atoms with Crippen LogP contribution in [0.1, 0.15) is 53.9 Å². The van der Waals surface area contributed by atoms with Gasteiger partial charge in [-0.3, -0.25) is 19.1 Å². The summed E-state index contributed by atoms with van der Waals surface area (Å²) in [5, 5.41) is 5.64. The minimum absolute atomic E-state index is 0.0435. The Bertz CT molecular complexity index is 605. The number of ether oxygens (including phenoxy) is 3. The van der Waals surface area contributed by atoms with Crippen molar-refractivity contribution in [3.05, 3.63) is 0 Å². The molecule has 0 saturated carbocycles. The molecule has 0 heterocycles. The van der Waals surface area contributed by atoms with Crippen molar-refractivity contribution in [2.24, 2.45) is 11.8 Å². The molecule has 0 aromatic rings. The lowest BCUT2D eigenvalue weighted by Crippen LogP contribution is -2.43. The standard InChI is InChI=1S/C22H43N3O6S2/c1-16(2)18(5)7-10-31-15-22(28)24-19(13-29-11-8-20(26)23-17(3)4)14-30-12-9-21(27)25-33(6)32/h16-19H,7-15H2,1-6H3,(H,23,26)(H,24,28)(H,25,27). The second kappa shape index (κ2) is 19.2. The van der Waals surface area contributed by atoms with E-state index >= 15 is 0 Å². The van der Waals surface area contributed by atoms with E-state index in [2.05, 4.69) is 36.1 Å². The zero-order chi connectivity index (χ0) is 25.2. The highest BCUT2D eigenvalue weighted by molar-refractivity contribution is 8.27. The predicted molar refractivity (Wildman–Crippen MR) is 134 cm³/mol. The second-order valence-electron chi connectivity index (χ2n) is 8.68. The monoisotopic (exact) mass is 509 g/mol. The van der Waals surface area contributed by atoms with Crippen LogP contribution in [-0.4, -0.2) is 75.7 Å². The Labute approximate surface area is 206 Å². The molecule has 3 amide bonds. The van der Waals surface area contributed by atoms with Crippen LogP contribution in [0.4, 0.5) is 0 Å². The summed E-state index contributed by atoms with van der Waals surface area (Å²) in [6.45, 7) is 11.5. The van der Waals surface area contributed by atoms with E-state index in [1.54, 1.807) is 6.26 Å². The third kappa shape index (κ3) is 20.0. The Balaban J connectivity index is 4.42. The summed E-state index contributed by atoms with van der Waals surface area (Å²) in [7, 11) is -0.587. The van der Waals surface area contributed by atoms with Crippen molar-refractivity contribution >= 4 is 38.5 Å². The van der Waals surface area contributed by atoms with Crippen LogP contribution in [0, 0.1) is 11.8 Å². The number of nitrogens with one attached hydrogen (secondary N) is 3. The van der Waals surface area contributed by atoms with Gasteiger partial charge in [0.25, 0.3) is 0 Å². The molecule has 11 heteroatoms. The fourth-order valence-corrected chi connectivity index (χ4v) is 3.26. The van der Waals surface area contributed by atoms with Crippen molar-refractivity contribution in [2.75, 3.05) is 45.9 Å². The van der Waals surface area contributed by atoms with Crippen molar-refractivity contribution in [3.63, 3.8) is 0 Å².